The van der Waals surface area contributed by atoms with Crippen LogP contribution in [0, 0.1) is 18.3 Å². The van der Waals surface area contributed by atoms with Gasteiger partial charge in [0.05, 0.1) is 29.4 Å². The summed E-state index contributed by atoms with van der Waals surface area (Å²) >= 11 is 6.27. The second-order valence-corrected chi connectivity index (χ2v) is 6.27. The van der Waals surface area contributed by atoms with Gasteiger partial charge in [0.1, 0.15) is 0 Å². The third-order valence-electron chi connectivity index (χ3n) is 4.18. The van der Waals surface area contributed by atoms with Crippen LogP contribution in [0.25, 0.3) is 10.9 Å². The van der Waals surface area contributed by atoms with Crippen molar-refractivity contribution in [1.82, 2.24) is 9.78 Å². The summed E-state index contributed by atoms with van der Waals surface area (Å²) in [6.45, 7) is 2.31. The highest BCUT2D eigenvalue weighted by molar-refractivity contribution is 6.31. The maximum Gasteiger partial charge on any atom is 0.303 e. The minimum Gasteiger partial charge on any atom is -0.481 e. The first-order chi connectivity index (χ1) is 12.0. The molecule has 25 heavy (non-hydrogen) atoms. The summed E-state index contributed by atoms with van der Waals surface area (Å²) < 4.78 is 1.82. The minimum absolute atomic E-state index is 0.0850. The number of carboxylic acid groups (broad SMARTS) is 1. The molecule has 0 aliphatic rings. The Morgan fingerprint density at radius 2 is 2.16 bits per heavy atom. The van der Waals surface area contributed by atoms with Crippen LogP contribution in [0.4, 0.5) is 0 Å². The van der Waals surface area contributed by atoms with Gasteiger partial charge in [-0.2, -0.15) is 10.4 Å². The summed E-state index contributed by atoms with van der Waals surface area (Å²) in [4.78, 5) is 10.8. The van der Waals surface area contributed by atoms with E-state index in [1.807, 2.05) is 29.8 Å². The van der Waals surface area contributed by atoms with E-state index in [-0.39, 0.29) is 6.42 Å². The van der Waals surface area contributed by atoms with E-state index in [0.717, 1.165) is 27.7 Å². The van der Waals surface area contributed by atoms with Gasteiger partial charge < -0.3 is 5.11 Å². The Morgan fingerprint density at radius 3 is 2.88 bits per heavy atom. The average Bonchev–Trinajstić information content (AvgIpc) is 2.90. The van der Waals surface area contributed by atoms with Crippen LogP contribution in [-0.2, 0) is 17.8 Å². The van der Waals surface area contributed by atoms with Crippen LogP contribution in [-0.4, -0.2) is 20.9 Å². The summed E-state index contributed by atoms with van der Waals surface area (Å²) in [7, 11) is 0. The maximum absolute atomic E-state index is 10.8. The zero-order chi connectivity index (χ0) is 18.0. The number of aliphatic carboxylic acids is 1. The van der Waals surface area contributed by atoms with E-state index in [9.17, 15) is 10.1 Å². The van der Waals surface area contributed by atoms with Gasteiger partial charge in [-0.05, 0) is 37.1 Å². The van der Waals surface area contributed by atoms with Crippen LogP contribution in [0.2, 0.25) is 5.02 Å². The van der Waals surface area contributed by atoms with Crippen molar-refractivity contribution in [1.29, 1.82) is 5.26 Å². The SMILES string of the molecule is Cc1nn(Cc2c(Cl)cccc2C#N)c2cc(CCC(=O)O)ccc12. The van der Waals surface area contributed by atoms with Crippen molar-refractivity contribution >= 4 is 28.5 Å². The first-order valence-electron chi connectivity index (χ1n) is 7.85. The predicted molar refractivity (Wildman–Crippen MR) is 95.7 cm³/mol. The number of aryl methyl sites for hydroxylation is 2. The zero-order valence-corrected chi connectivity index (χ0v) is 14.4. The van der Waals surface area contributed by atoms with E-state index in [4.69, 9.17) is 16.7 Å². The van der Waals surface area contributed by atoms with Gasteiger partial charge in [0.2, 0.25) is 0 Å². The molecule has 2 aromatic carbocycles. The Morgan fingerprint density at radius 1 is 1.36 bits per heavy atom. The number of aromatic nitrogens is 2. The lowest BCUT2D eigenvalue weighted by Gasteiger charge is -2.09. The number of carboxylic acids is 1. The second kappa shape index (κ2) is 6.96. The standard InChI is InChI=1S/C19H16ClN3O2/c1-12-15-7-5-13(6-8-19(24)25)9-18(15)23(22-12)11-16-14(10-21)3-2-4-17(16)20/h2-5,7,9H,6,8,11H2,1H3,(H,24,25). The first-order valence-corrected chi connectivity index (χ1v) is 8.22. The number of nitriles is 1. The topological polar surface area (TPSA) is 78.9 Å². The molecule has 126 valence electrons. The van der Waals surface area contributed by atoms with E-state index < -0.39 is 5.97 Å². The minimum atomic E-state index is -0.820. The number of nitrogens with zero attached hydrogens (tertiary/aromatic N) is 3. The Bertz CT molecular complexity index is 1000. The van der Waals surface area contributed by atoms with Crippen LogP contribution in [0.5, 0.6) is 0 Å². The van der Waals surface area contributed by atoms with Crippen molar-refractivity contribution in [2.75, 3.05) is 0 Å². The van der Waals surface area contributed by atoms with E-state index in [1.54, 1.807) is 18.2 Å². The molecule has 0 unspecified atom stereocenters. The number of benzene rings is 2. The first kappa shape index (κ1) is 17.0. The molecule has 0 amide bonds. The van der Waals surface area contributed by atoms with Crippen LogP contribution in [0.1, 0.15) is 28.8 Å². The highest BCUT2D eigenvalue weighted by Crippen LogP contribution is 2.25. The fourth-order valence-corrected chi connectivity index (χ4v) is 3.12. The molecule has 5 nitrogen and oxygen atoms in total. The second-order valence-electron chi connectivity index (χ2n) is 5.87. The van der Waals surface area contributed by atoms with Gasteiger partial charge in [-0.25, -0.2) is 0 Å². The third kappa shape index (κ3) is 3.49. The smallest absolute Gasteiger partial charge is 0.303 e. The molecule has 0 bridgehead atoms. The van der Waals surface area contributed by atoms with Gasteiger partial charge in [0.15, 0.2) is 0 Å². The van der Waals surface area contributed by atoms with Crippen LogP contribution in [0.15, 0.2) is 36.4 Å². The predicted octanol–water partition coefficient (Wildman–Crippen LogP) is 3.94. The largest absolute Gasteiger partial charge is 0.481 e. The van der Waals surface area contributed by atoms with Crippen molar-refractivity contribution in [2.24, 2.45) is 0 Å². The molecule has 0 spiro atoms. The van der Waals surface area contributed by atoms with Crippen LogP contribution >= 0.6 is 11.6 Å². The molecule has 0 fully saturated rings. The highest BCUT2D eigenvalue weighted by atomic mass is 35.5. The lowest BCUT2D eigenvalue weighted by Crippen LogP contribution is -2.05. The van der Waals surface area contributed by atoms with Gasteiger partial charge in [-0.3, -0.25) is 9.48 Å². The summed E-state index contributed by atoms with van der Waals surface area (Å²) in [6.07, 6.45) is 0.548. The number of rotatable bonds is 5. The quantitative estimate of drug-likeness (QED) is 0.753. The van der Waals surface area contributed by atoms with Crippen LogP contribution < -0.4 is 0 Å². The fraction of sp³-hybridized carbons (Fsp3) is 0.211. The number of hydrogen-bond acceptors (Lipinski definition) is 3. The molecule has 0 aliphatic heterocycles. The van der Waals surface area contributed by atoms with Crippen molar-refractivity contribution < 1.29 is 9.90 Å². The van der Waals surface area contributed by atoms with E-state index in [1.165, 1.54) is 0 Å². The summed E-state index contributed by atoms with van der Waals surface area (Å²) in [5, 5.41) is 24.3. The van der Waals surface area contributed by atoms with Gasteiger partial charge in [0.25, 0.3) is 0 Å². The molecular formula is C19H16ClN3O2. The van der Waals surface area contributed by atoms with Crippen molar-refractivity contribution in [2.45, 2.75) is 26.3 Å². The highest BCUT2D eigenvalue weighted by Gasteiger charge is 2.13. The molecule has 0 atom stereocenters. The molecule has 0 radical (unpaired) electrons. The molecule has 3 aromatic rings. The summed E-state index contributed by atoms with van der Waals surface area (Å²) in [5.41, 5.74) is 3.98. The third-order valence-corrected chi connectivity index (χ3v) is 4.53. The number of fused-ring (bicyclic) bond motifs is 1. The Balaban J connectivity index is 2.03. The number of halogens is 1. The molecule has 0 saturated carbocycles. The fourth-order valence-electron chi connectivity index (χ4n) is 2.89. The lowest BCUT2D eigenvalue weighted by atomic mass is 10.1. The molecule has 6 heteroatoms. The Labute approximate surface area is 150 Å². The van der Waals surface area contributed by atoms with E-state index >= 15 is 0 Å². The Hall–Kier alpha value is -2.84. The average molecular weight is 354 g/mol. The molecule has 0 saturated heterocycles. The normalized spacial score (nSPS) is 10.8. The molecule has 1 aromatic heterocycles. The lowest BCUT2D eigenvalue weighted by molar-refractivity contribution is -0.136. The number of hydrogen-bond donors (Lipinski definition) is 1. The van der Waals surface area contributed by atoms with E-state index in [2.05, 4.69) is 11.2 Å². The van der Waals surface area contributed by atoms with Crippen molar-refractivity contribution in [3.8, 4) is 6.07 Å². The monoisotopic (exact) mass is 353 g/mol. The number of carbonyl (C=O) groups is 1. The maximum atomic E-state index is 10.8. The molecular weight excluding hydrogens is 338 g/mol. The molecule has 0 aliphatic carbocycles. The molecule has 3 rings (SSSR count). The summed E-state index contributed by atoms with van der Waals surface area (Å²) in [5.74, 6) is -0.820. The van der Waals surface area contributed by atoms with Gasteiger partial charge >= 0.3 is 5.97 Å². The van der Waals surface area contributed by atoms with Gasteiger partial charge in [0, 0.05) is 22.4 Å². The van der Waals surface area contributed by atoms with E-state index in [0.29, 0.717) is 23.6 Å². The van der Waals surface area contributed by atoms with Gasteiger partial charge in [-0.1, -0.05) is 29.8 Å². The molecule has 1 N–H and O–H groups in total. The van der Waals surface area contributed by atoms with Gasteiger partial charge in [-0.15, -0.1) is 0 Å². The summed E-state index contributed by atoms with van der Waals surface area (Å²) in [6, 6.07) is 13.3. The zero-order valence-electron chi connectivity index (χ0n) is 13.7. The molecule has 1 heterocycles. The van der Waals surface area contributed by atoms with Crippen LogP contribution in [0.3, 0.4) is 0 Å². The Kier molecular flexibility index (Phi) is 4.73. The van der Waals surface area contributed by atoms with Crippen molar-refractivity contribution in [3.05, 3.63) is 63.8 Å². The van der Waals surface area contributed by atoms with Crippen molar-refractivity contribution in [3.63, 3.8) is 0 Å².